The zero-order valence-corrected chi connectivity index (χ0v) is 5.26. The molecule has 0 aliphatic rings. The van der Waals surface area contributed by atoms with Crippen LogP contribution >= 0.6 is 0 Å². The standard InChI is InChI=1S/C7H5BFN/c8-7-2-1-6(9)3-5(7)4-10/h1-4,10H. The molecule has 0 spiro atoms. The van der Waals surface area contributed by atoms with E-state index < -0.39 is 0 Å². The smallest absolute Gasteiger partial charge is 0.123 e. The molecule has 0 fully saturated rings. The molecule has 1 aromatic carbocycles. The van der Waals surface area contributed by atoms with Gasteiger partial charge in [-0.15, -0.1) is 0 Å². The molecule has 10 heavy (non-hydrogen) atoms. The van der Waals surface area contributed by atoms with Gasteiger partial charge in [0.15, 0.2) is 0 Å². The predicted molar refractivity (Wildman–Crippen MR) is 39.7 cm³/mol. The van der Waals surface area contributed by atoms with Gasteiger partial charge in [0.05, 0.1) is 0 Å². The highest BCUT2D eigenvalue weighted by atomic mass is 19.1. The summed E-state index contributed by atoms with van der Waals surface area (Å²) in [5.74, 6) is -0.368. The summed E-state index contributed by atoms with van der Waals surface area (Å²) in [4.78, 5) is 0. The molecule has 0 heterocycles. The Hall–Kier alpha value is -1.12. The van der Waals surface area contributed by atoms with Crippen LogP contribution in [0, 0.1) is 11.2 Å². The van der Waals surface area contributed by atoms with Gasteiger partial charge in [-0.2, -0.15) is 0 Å². The summed E-state index contributed by atoms with van der Waals surface area (Å²) < 4.78 is 12.4. The lowest BCUT2D eigenvalue weighted by Crippen LogP contribution is -2.09. The van der Waals surface area contributed by atoms with Crippen LogP contribution in [0.4, 0.5) is 4.39 Å². The molecule has 48 valence electrons. The third-order valence-corrected chi connectivity index (χ3v) is 1.20. The molecule has 0 saturated carbocycles. The molecule has 0 aliphatic heterocycles. The van der Waals surface area contributed by atoms with E-state index in [0.29, 0.717) is 11.0 Å². The van der Waals surface area contributed by atoms with Gasteiger partial charge in [-0.05, 0) is 17.7 Å². The Bertz CT molecular complexity index is 260. The summed E-state index contributed by atoms with van der Waals surface area (Å²) in [6.45, 7) is 0. The van der Waals surface area contributed by atoms with Crippen LogP contribution in [0.2, 0.25) is 0 Å². The molecule has 2 radical (unpaired) electrons. The van der Waals surface area contributed by atoms with Crippen molar-refractivity contribution < 1.29 is 4.39 Å². The molecule has 0 aromatic heterocycles. The van der Waals surface area contributed by atoms with Crippen molar-refractivity contribution in [2.45, 2.75) is 0 Å². The number of benzene rings is 1. The molecule has 0 unspecified atom stereocenters. The number of halogens is 1. The van der Waals surface area contributed by atoms with Crippen LogP contribution < -0.4 is 5.46 Å². The van der Waals surface area contributed by atoms with Crippen LogP contribution in [0.15, 0.2) is 18.2 Å². The normalized spacial score (nSPS) is 9.30. The SMILES string of the molecule is [B]c1ccc(F)cc1C=N. The molecule has 1 N–H and O–H groups in total. The Morgan fingerprint density at radius 3 is 2.70 bits per heavy atom. The highest BCUT2D eigenvalue weighted by Crippen LogP contribution is 1.96. The molecule has 1 aromatic rings. The summed E-state index contributed by atoms with van der Waals surface area (Å²) in [6, 6.07) is 3.93. The van der Waals surface area contributed by atoms with Crippen molar-refractivity contribution in [1.82, 2.24) is 0 Å². The summed E-state index contributed by atoms with van der Waals surface area (Å²) in [5, 5.41) is 6.81. The van der Waals surface area contributed by atoms with Crippen molar-refractivity contribution in [1.29, 1.82) is 5.41 Å². The summed E-state index contributed by atoms with van der Waals surface area (Å²) >= 11 is 0. The Morgan fingerprint density at radius 2 is 2.20 bits per heavy atom. The van der Waals surface area contributed by atoms with Crippen LogP contribution in [-0.2, 0) is 0 Å². The van der Waals surface area contributed by atoms with Gasteiger partial charge in [-0.1, -0.05) is 11.5 Å². The number of hydrogen-bond donors (Lipinski definition) is 1. The van der Waals surface area contributed by atoms with Gasteiger partial charge in [0.1, 0.15) is 13.7 Å². The number of hydrogen-bond acceptors (Lipinski definition) is 1. The average molecular weight is 133 g/mol. The van der Waals surface area contributed by atoms with Gasteiger partial charge < -0.3 is 5.41 Å². The lowest BCUT2D eigenvalue weighted by atomic mass is 9.91. The summed E-state index contributed by atoms with van der Waals surface area (Å²) in [5.41, 5.74) is 0.844. The minimum absolute atomic E-state index is 0.368. The Balaban J connectivity index is 3.21. The molecule has 1 rings (SSSR count). The van der Waals surface area contributed by atoms with Crippen LogP contribution in [0.1, 0.15) is 5.56 Å². The largest absolute Gasteiger partial charge is 0.308 e. The number of rotatable bonds is 1. The molecule has 0 amide bonds. The quantitative estimate of drug-likeness (QED) is 0.428. The topological polar surface area (TPSA) is 23.9 Å². The second-order valence-corrected chi connectivity index (χ2v) is 1.92. The third-order valence-electron chi connectivity index (χ3n) is 1.20. The maximum absolute atomic E-state index is 12.4. The first kappa shape index (κ1) is 7.00. The summed E-state index contributed by atoms with van der Waals surface area (Å²) in [7, 11) is 5.38. The van der Waals surface area contributed by atoms with E-state index in [0.717, 1.165) is 6.21 Å². The molecule has 0 bridgehead atoms. The zero-order chi connectivity index (χ0) is 7.56. The van der Waals surface area contributed by atoms with Crippen LogP contribution in [0.5, 0.6) is 0 Å². The first-order valence-electron chi connectivity index (χ1n) is 2.79. The molecule has 0 aliphatic carbocycles. The molecular weight excluding hydrogens is 128 g/mol. The average Bonchev–Trinajstić information content (AvgIpc) is 1.94. The Kier molecular flexibility index (Phi) is 1.85. The van der Waals surface area contributed by atoms with Crippen molar-refractivity contribution in [2.24, 2.45) is 0 Å². The van der Waals surface area contributed by atoms with E-state index in [2.05, 4.69) is 0 Å². The predicted octanol–water partition coefficient (Wildman–Crippen LogP) is 0.617. The molecule has 0 saturated heterocycles. The van der Waals surface area contributed by atoms with Crippen molar-refractivity contribution in [3.63, 3.8) is 0 Å². The first-order chi connectivity index (χ1) is 4.74. The lowest BCUT2D eigenvalue weighted by molar-refractivity contribution is 0.628. The van der Waals surface area contributed by atoms with Crippen molar-refractivity contribution in [3.8, 4) is 0 Å². The van der Waals surface area contributed by atoms with E-state index in [1.54, 1.807) is 0 Å². The Morgan fingerprint density at radius 1 is 1.50 bits per heavy atom. The van der Waals surface area contributed by atoms with Gasteiger partial charge >= 0.3 is 0 Å². The van der Waals surface area contributed by atoms with E-state index in [1.165, 1.54) is 18.2 Å². The first-order valence-corrected chi connectivity index (χ1v) is 2.79. The lowest BCUT2D eigenvalue weighted by Gasteiger charge is -1.97. The highest BCUT2D eigenvalue weighted by Gasteiger charge is 1.94. The number of nitrogens with one attached hydrogen (secondary N) is 1. The molecule has 0 atom stereocenters. The van der Waals surface area contributed by atoms with E-state index in [-0.39, 0.29) is 5.82 Å². The fourth-order valence-corrected chi connectivity index (χ4v) is 0.671. The van der Waals surface area contributed by atoms with Crippen LogP contribution in [-0.4, -0.2) is 14.1 Å². The Labute approximate surface area is 59.8 Å². The second kappa shape index (κ2) is 2.65. The second-order valence-electron chi connectivity index (χ2n) is 1.92. The van der Waals surface area contributed by atoms with E-state index >= 15 is 0 Å². The molecule has 3 heteroatoms. The fourth-order valence-electron chi connectivity index (χ4n) is 0.671. The minimum Gasteiger partial charge on any atom is -0.308 e. The van der Waals surface area contributed by atoms with E-state index in [4.69, 9.17) is 13.3 Å². The van der Waals surface area contributed by atoms with Crippen LogP contribution in [0.3, 0.4) is 0 Å². The van der Waals surface area contributed by atoms with Gasteiger partial charge in [-0.25, -0.2) is 4.39 Å². The minimum atomic E-state index is -0.368. The third kappa shape index (κ3) is 1.24. The highest BCUT2D eigenvalue weighted by molar-refractivity contribution is 6.35. The maximum Gasteiger partial charge on any atom is 0.123 e. The van der Waals surface area contributed by atoms with Gasteiger partial charge in [0.2, 0.25) is 0 Å². The van der Waals surface area contributed by atoms with E-state index in [1.807, 2.05) is 0 Å². The fraction of sp³-hybridized carbons (Fsp3) is 0. The van der Waals surface area contributed by atoms with Gasteiger partial charge in [0.25, 0.3) is 0 Å². The molecular formula is C7H5BFN. The van der Waals surface area contributed by atoms with Gasteiger partial charge in [-0.3, -0.25) is 0 Å². The van der Waals surface area contributed by atoms with Crippen molar-refractivity contribution in [3.05, 3.63) is 29.6 Å². The van der Waals surface area contributed by atoms with E-state index in [9.17, 15) is 4.39 Å². The zero-order valence-electron chi connectivity index (χ0n) is 5.26. The van der Waals surface area contributed by atoms with Crippen LogP contribution in [0.25, 0.3) is 0 Å². The van der Waals surface area contributed by atoms with Gasteiger partial charge in [0, 0.05) is 6.21 Å². The maximum atomic E-state index is 12.4. The molecule has 1 nitrogen and oxygen atoms in total. The van der Waals surface area contributed by atoms with Crippen molar-refractivity contribution in [2.75, 3.05) is 0 Å². The summed E-state index contributed by atoms with van der Waals surface area (Å²) in [6.07, 6.45) is 1.03. The monoisotopic (exact) mass is 133 g/mol. The van der Waals surface area contributed by atoms with Crippen molar-refractivity contribution >= 4 is 19.5 Å².